The third-order valence-electron chi connectivity index (χ3n) is 5.05. The third kappa shape index (κ3) is 3.62. The first-order chi connectivity index (χ1) is 14.2. The van der Waals surface area contributed by atoms with Crippen LogP contribution < -0.4 is 15.1 Å². The zero-order valence-electron chi connectivity index (χ0n) is 16.3. The highest BCUT2D eigenvalue weighted by molar-refractivity contribution is 6.13. The first-order valence-electron chi connectivity index (χ1n) is 9.59. The van der Waals surface area contributed by atoms with Gasteiger partial charge in [-0.05, 0) is 44.1 Å². The molecule has 0 saturated carbocycles. The molecule has 0 amide bonds. The molecule has 0 aliphatic carbocycles. The quantitative estimate of drug-likeness (QED) is 0.517. The van der Waals surface area contributed by atoms with Gasteiger partial charge in [0, 0.05) is 18.9 Å². The Hall–Kier alpha value is -3.03. The molecule has 0 bridgehead atoms. The van der Waals surface area contributed by atoms with Crippen molar-refractivity contribution in [3.05, 3.63) is 51.4 Å². The Morgan fingerprint density at radius 1 is 1.20 bits per heavy atom. The zero-order valence-corrected chi connectivity index (χ0v) is 16.3. The van der Waals surface area contributed by atoms with Crippen LogP contribution in [0.15, 0.2) is 33.5 Å². The standard InChI is InChI=1S/C22H19F3O5/c1-3-4-13-5-6-14-19(29-13)17-12(7-8-22(23,24)25)10-16(27)30-21(17)18-15(26)9-11(2)28-20(14)18/h3-6,10-11,13H,7-9H2,1-2H3/b4-3+. The average Bonchev–Trinajstić information content (AvgIpc) is 2.65. The van der Waals surface area contributed by atoms with E-state index in [1.165, 1.54) is 0 Å². The summed E-state index contributed by atoms with van der Waals surface area (Å²) in [5.74, 6) is 0.182. The Labute approximate surface area is 169 Å². The molecular formula is C22H19F3O5. The number of ketones is 1. The lowest BCUT2D eigenvalue weighted by Crippen LogP contribution is -2.26. The second-order valence-corrected chi connectivity index (χ2v) is 7.38. The Morgan fingerprint density at radius 3 is 2.67 bits per heavy atom. The fraction of sp³-hybridized carbons (Fsp3) is 0.364. The number of hydrogen-bond acceptors (Lipinski definition) is 5. The molecule has 30 heavy (non-hydrogen) atoms. The molecule has 2 unspecified atom stereocenters. The van der Waals surface area contributed by atoms with E-state index < -0.39 is 36.9 Å². The van der Waals surface area contributed by atoms with E-state index in [1.807, 2.05) is 6.92 Å². The molecule has 3 heterocycles. The zero-order chi connectivity index (χ0) is 21.6. The van der Waals surface area contributed by atoms with Crippen molar-refractivity contribution in [2.24, 2.45) is 0 Å². The van der Waals surface area contributed by atoms with Gasteiger partial charge in [-0.3, -0.25) is 4.79 Å². The van der Waals surface area contributed by atoms with Crippen molar-refractivity contribution in [1.82, 2.24) is 0 Å². The highest BCUT2D eigenvalue weighted by atomic mass is 19.4. The molecule has 158 valence electrons. The van der Waals surface area contributed by atoms with Gasteiger partial charge in [0.15, 0.2) is 11.4 Å². The van der Waals surface area contributed by atoms with Gasteiger partial charge < -0.3 is 13.9 Å². The number of hydrogen-bond donors (Lipinski definition) is 0. The summed E-state index contributed by atoms with van der Waals surface area (Å²) in [7, 11) is 0. The molecule has 4 rings (SSSR count). The van der Waals surface area contributed by atoms with Crippen molar-refractivity contribution in [1.29, 1.82) is 0 Å². The lowest BCUT2D eigenvalue weighted by atomic mass is 9.91. The summed E-state index contributed by atoms with van der Waals surface area (Å²) in [4.78, 5) is 25.0. The molecule has 1 aromatic heterocycles. The predicted molar refractivity (Wildman–Crippen MR) is 104 cm³/mol. The molecule has 2 atom stereocenters. The van der Waals surface area contributed by atoms with Crippen LogP contribution in [-0.4, -0.2) is 24.2 Å². The van der Waals surface area contributed by atoms with Gasteiger partial charge in [-0.15, -0.1) is 0 Å². The molecule has 2 aromatic rings. The van der Waals surface area contributed by atoms with Crippen LogP contribution in [0.1, 0.15) is 48.2 Å². The maximum atomic E-state index is 12.9. The molecule has 2 aliphatic heterocycles. The summed E-state index contributed by atoms with van der Waals surface area (Å²) in [6.45, 7) is 3.55. The Morgan fingerprint density at radius 2 is 1.97 bits per heavy atom. The molecule has 0 saturated heterocycles. The van der Waals surface area contributed by atoms with Gasteiger partial charge in [-0.25, -0.2) is 4.79 Å². The fourth-order valence-corrected chi connectivity index (χ4v) is 3.83. The van der Waals surface area contributed by atoms with Crippen LogP contribution in [0, 0.1) is 0 Å². The number of fused-ring (bicyclic) bond motifs is 6. The first kappa shape index (κ1) is 20.3. The van der Waals surface area contributed by atoms with E-state index in [4.69, 9.17) is 13.9 Å². The van der Waals surface area contributed by atoms with E-state index in [2.05, 4.69) is 0 Å². The van der Waals surface area contributed by atoms with Crippen LogP contribution in [0.3, 0.4) is 0 Å². The number of alkyl halides is 3. The topological polar surface area (TPSA) is 65.7 Å². The highest BCUT2D eigenvalue weighted by Gasteiger charge is 2.35. The number of ether oxygens (including phenoxy) is 2. The van der Waals surface area contributed by atoms with Crippen LogP contribution in [0.4, 0.5) is 13.2 Å². The highest BCUT2D eigenvalue weighted by Crippen LogP contribution is 2.47. The number of rotatable bonds is 3. The molecule has 0 fully saturated rings. The molecular weight excluding hydrogens is 401 g/mol. The van der Waals surface area contributed by atoms with Crippen molar-refractivity contribution in [3.8, 4) is 11.5 Å². The maximum Gasteiger partial charge on any atom is 0.389 e. The number of benzene rings is 1. The van der Waals surface area contributed by atoms with Crippen LogP contribution in [0.2, 0.25) is 0 Å². The van der Waals surface area contributed by atoms with Crippen LogP contribution in [0.25, 0.3) is 17.0 Å². The van der Waals surface area contributed by atoms with Crippen LogP contribution >= 0.6 is 0 Å². The normalized spacial score (nSPS) is 20.8. The summed E-state index contributed by atoms with van der Waals surface area (Å²) >= 11 is 0. The minimum absolute atomic E-state index is 0.0726. The van der Waals surface area contributed by atoms with Gasteiger partial charge in [-0.2, -0.15) is 13.2 Å². The summed E-state index contributed by atoms with van der Waals surface area (Å²) in [5, 5.41) is 0.206. The van der Waals surface area contributed by atoms with Gasteiger partial charge in [0.1, 0.15) is 29.3 Å². The Kier molecular flexibility index (Phi) is 4.95. The van der Waals surface area contributed by atoms with Gasteiger partial charge in [0.25, 0.3) is 0 Å². The Balaban J connectivity index is 2.04. The van der Waals surface area contributed by atoms with E-state index in [-0.39, 0.29) is 45.8 Å². The van der Waals surface area contributed by atoms with Gasteiger partial charge in [0.05, 0.1) is 10.9 Å². The van der Waals surface area contributed by atoms with Crippen LogP contribution in [0.5, 0.6) is 11.5 Å². The van der Waals surface area contributed by atoms with E-state index in [1.54, 1.807) is 31.2 Å². The minimum atomic E-state index is -4.40. The van der Waals surface area contributed by atoms with Crippen molar-refractivity contribution in [2.75, 3.05) is 0 Å². The number of carbonyl (C=O) groups excluding carboxylic acids is 1. The largest absolute Gasteiger partial charge is 0.489 e. The molecule has 0 radical (unpaired) electrons. The van der Waals surface area contributed by atoms with Gasteiger partial charge >= 0.3 is 11.8 Å². The summed E-state index contributed by atoms with van der Waals surface area (Å²) < 4.78 is 55.9. The van der Waals surface area contributed by atoms with Gasteiger partial charge in [0.2, 0.25) is 0 Å². The fourth-order valence-electron chi connectivity index (χ4n) is 3.83. The number of allylic oxidation sites excluding steroid dienone is 1. The molecule has 1 aromatic carbocycles. The molecule has 0 spiro atoms. The van der Waals surface area contributed by atoms with E-state index in [9.17, 15) is 22.8 Å². The monoisotopic (exact) mass is 420 g/mol. The molecule has 2 aliphatic rings. The maximum absolute atomic E-state index is 12.9. The lowest BCUT2D eigenvalue weighted by Gasteiger charge is -2.29. The Bertz CT molecular complexity index is 1140. The number of carbonyl (C=O) groups is 1. The van der Waals surface area contributed by atoms with E-state index >= 15 is 0 Å². The van der Waals surface area contributed by atoms with Crippen molar-refractivity contribution >= 4 is 22.8 Å². The average molecular weight is 420 g/mol. The smallest absolute Gasteiger partial charge is 0.389 e. The van der Waals surface area contributed by atoms with E-state index in [0.29, 0.717) is 5.56 Å². The number of aryl methyl sites for hydroxylation is 1. The number of Topliss-reactive ketones (excluding diaryl/α,β-unsaturated/α-hetero) is 1. The summed E-state index contributed by atoms with van der Waals surface area (Å²) in [6, 6.07) is 1.03. The SMILES string of the molecule is C/C=C/C1C=Cc2c3c(c4oc(=O)cc(CCC(F)(F)F)c4c2O1)C(=O)CC(C)O3. The lowest BCUT2D eigenvalue weighted by molar-refractivity contribution is -0.133. The second kappa shape index (κ2) is 7.34. The number of halogens is 3. The second-order valence-electron chi connectivity index (χ2n) is 7.38. The van der Waals surface area contributed by atoms with Crippen molar-refractivity contribution in [3.63, 3.8) is 0 Å². The van der Waals surface area contributed by atoms with Crippen molar-refractivity contribution < 1.29 is 31.9 Å². The minimum Gasteiger partial charge on any atom is -0.489 e. The first-order valence-corrected chi connectivity index (χ1v) is 9.59. The van der Waals surface area contributed by atoms with Crippen molar-refractivity contribution in [2.45, 2.75) is 51.5 Å². The predicted octanol–water partition coefficient (Wildman–Crippen LogP) is 4.99. The molecule has 0 N–H and O–H groups in total. The van der Waals surface area contributed by atoms with Gasteiger partial charge in [-0.1, -0.05) is 6.08 Å². The summed E-state index contributed by atoms with van der Waals surface area (Å²) in [6.07, 6.45) is 0.304. The van der Waals surface area contributed by atoms with E-state index in [0.717, 1.165) is 6.07 Å². The summed E-state index contributed by atoms with van der Waals surface area (Å²) in [5.41, 5.74) is -0.256. The molecule has 8 heteroatoms. The van der Waals surface area contributed by atoms with Crippen LogP contribution in [-0.2, 0) is 6.42 Å². The third-order valence-corrected chi connectivity index (χ3v) is 5.05. The molecule has 5 nitrogen and oxygen atoms in total.